The first-order valence-electron chi connectivity index (χ1n) is 18.7. The van der Waals surface area contributed by atoms with Crippen LogP contribution in [0.2, 0.25) is 0 Å². The van der Waals surface area contributed by atoms with Gasteiger partial charge in [0.15, 0.2) is 17.5 Å². The quantitative estimate of drug-likeness (QED) is 0.176. The molecule has 0 fully saturated rings. The molecule has 0 atom stereocenters. The highest BCUT2D eigenvalue weighted by Crippen LogP contribution is 2.64. The minimum atomic E-state index is -0.764. The lowest BCUT2D eigenvalue weighted by atomic mass is 9.65. The largest absolute Gasteiger partial charge is 0.457 e. The third kappa shape index (κ3) is 4.86. The first-order chi connectivity index (χ1) is 27.8. The molecule has 0 unspecified atom stereocenters. The predicted molar refractivity (Wildman–Crippen MR) is 220 cm³/mol. The van der Waals surface area contributed by atoms with Gasteiger partial charge in [-0.25, -0.2) is 15.0 Å². The number of aromatic nitrogens is 5. The van der Waals surface area contributed by atoms with E-state index in [-0.39, 0.29) is 0 Å². The SMILES string of the molecule is c1ccc(-c2ccc(-c3cccc4c3C3(c5ccccc5Oc5ccccc53)c3cccc(-c5nc(-c6ccccc6)nc(-c6ccccc6)n5)c3-4)nn2)cc1. The van der Waals surface area contributed by atoms with Crippen molar-refractivity contribution in [3.63, 3.8) is 0 Å². The van der Waals surface area contributed by atoms with Crippen LogP contribution < -0.4 is 4.74 Å². The molecule has 9 aromatic rings. The monoisotopic (exact) mass is 717 g/mol. The average molecular weight is 718 g/mol. The molecular formula is C50H31N5O. The summed E-state index contributed by atoms with van der Waals surface area (Å²) in [5.74, 6) is 3.46. The molecule has 0 N–H and O–H groups in total. The van der Waals surface area contributed by atoms with Crippen molar-refractivity contribution in [3.05, 3.63) is 210 Å². The standard InChI is InChI=1S/C50H31N5O/c1-4-16-32(17-5-1)41-30-31-42(55-54-41)35-22-14-23-36-45-37(49-52-47(33-18-6-2-7-19-33)51-48(53-49)34-20-8-3-9-21-34)24-15-27-40(45)50(46(35)36)38-25-10-12-28-43(38)56-44-29-13-11-26-39(44)50/h1-31H. The van der Waals surface area contributed by atoms with Crippen molar-refractivity contribution in [2.45, 2.75) is 5.41 Å². The molecule has 7 aromatic carbocycles. The van der Waals surface area contributed by atoms with E-state index < -0.39 is 5.41 Å². The lowest BCUT2D eigenvalue weighted by Crippen LogP contribution is -2.32. The van der Waals surface area contributed by atoms with Crippen molar-refractivity contribution in [3.8, 4) is 79.3 Å². The first kappa shape index (κ1) is 31.9. The van der Waals surface area contributed by atoms with Crippen LogP contribution in [-0.2, 0) is 5.41 Å². The van der Waals surface area contributed by atoms with Crippen LogP contribution in [0.1, 0.15) is 22.3 Å². The second-order valence-electron chi connectivity index (χ2n) is 14.0. The van der Waals surface area contributed by atoms with Gasteiger partial charge in [-0.15, -0.1) is 10.2 Å². The maximum atomic E-state index is 6.69. The highest BCUT2D eigenvalue weighted by molar-refractivity contribution is 5.99. The molecule has 1 spiro atoms. The van der Waals surface area contributed by atoms with E-state index in [0.717, 1.165) is 84.1 Å². The van der Waals surface area contributed by atoms with Gasteiger partial charge < -0.3 is 4.74 Å². The number of fused-ring (bicyclic) bond motifs is 9. The predicted octanol–water partition coefficient (Wildman–Crippen LogP) is 11.5. The van der Waals surface area contributed by atoms with Crippen LogP contribution in [0.15, 0.2) is 188 Å². The Kier molecular flexibility index (Phi) is 7.29. The molecule has 0 radical (unpaired) electrons. The van der Waals surface area contributed by atoms with Crippen LogP contribution in [0.5, 0.6) is 11.5 Å². The highest BCUT2D eigenvalue weighted by atomic mass is 16.5. The lowest BCUT2D eigenvalue weighted by Gasteiger charge is -2.40. The summed E-state index contributed by atoms with van der Waals surface area (Å²) >= 11 is 0. The maximum absolute atomic E-state index is 6.69. The maximum Gasteiger partial charge on any atom is 0.164 e. The van der Waals surface area contributed by atoms with E-state index in [2.05, 4.69) is 97.1 Å². The van der Waals surface area contributed by atoms with Gasteiger partial charge in [0, 0.05) is 38.9 Å². The Morgan fingerprint density at radius 3 is 1.41 bits per heavy atom. The molecule has 0 bridgehead atoms. The Balaban J connectivity index is 1.22. The molecule has 11 rings (SSSR count). The van der Waals surface area contributed by atoms with Gasteiger partial charge in [0.1, 0.15) is 11.5 Å². The van der Waals surface area contributed by atoms with Crippen molar-refractivity contribution < 1.29 is 4.74 Å². The number of ether oxygens (including phenoxy) is 1. The third-order valence-electron chi connectivity index (χ3n) is 10.9. The van der Waals surface area contributed by atoms with E-state index >= 15 is 0 Å². The van der Waals surface area contributed by atoms with E-state index in [9.17, 15) is 0 Å². The van der Waals surface area contributed by atoms with E-state index in [4.69, 9.17) is 29.9 Å². The summed E-state index contributed by atoms with van der Waals surface area (Å²) in [7, 11) is 0. The molecule has 262 valence electrons. The van der Waals surface area contributed by atoms with Gasteiger partial charge >= 0.3 is 0 Å². The molecule has 1 aliphatic carbocycles. The minimum Gasteiger partial charge on any atom is -0.457 e. The van der Waals surface area contributed by atoms with Crippen molar-refractivity contribution >= 4 is 0 Å². The number of rotatable bonds is 5. The molecule has 2 aromatic heterocycles. The van der Waals surface area contributed by atoms with Gasteiger partial charge in [-0.05, 0) is 46.5 Å². The zero-order valence-corrected chi connectivity index (χ0v) is 30.0. The van der Waals surface area contributed by atoms with E-state index in [1.165, 1.54) is 0 Å². The fraction of sp³-hybridized carbons (Fsp3) is 0.0200. The number of hydrogen-bond acceptors (Lipinski definition) is 6. The number of benzene rings is 7. The van der Waals surface area contributed by atoms with Crippen molar-refractivity contribution in [2.24, 2.45) is 0 Å². The van der Waals surface area contributed by atoms with Gasteiger partial charge in [0.2, 0.25) is 0 Å². The molecule has 6 nitrogen and oxygen atoms in total. The summed E-state index contributed by atoms with van der Waals surface area (Å²) in [6, 6.07) is 64.4. The summed E-state index contributed by atoms with van der Waals surface area (Å²) < 4.78 is 6.69. The topological polar surface area (TPSA) is 73.7 Å². The number of hydrogen-bond donors (Lipinski definition) is 0. The zero-order valence-electron chi connectivity index (χ0n) is 30.0. The molecule has 56 heavy (non-hydrogen) atoms. The van der Waals surface area contributed by atoms with Crippen LogP contribution in [-0.4, -0.2) is 25.1 Å². The first-order valence-corrected chi connectivity index (χ1v) is 18.7. The Morgan fingerprint density at radius 1 is 0.339 bits per heavy atom. The fourth-order valence-corrected chi connectivity index (χ4v) is 8.58. The van der Waals surface area contributed by atoms with E-state index in [1.54, 1.807) is 0 Å². The van der Waals surface area contributed by atoms with Gasteiger partial charge in [-0.3, -0.25) is 0 Å². The van der Waals surface area contributed by atoms with Crippen molar-refractivity contribution in [1.29, 1.82) is 0 Å². The van der Waals surface area contributed by atoms with Gasteiger partial charge in [0.05, 0.1) is 16.8 Å². The Hall–Kier alpha value is -7.57. The van der Waals surface area contributed by atoms with Crippen molar-refractivity contribution in [1.82, 2.24) is 25.1 Å². The zero-order chi connectivity index (χ0) is 37.1. The summed E-state index contributed by atoms with van der Waals surface area (Å²) in [5.41, 5.74) is 12.1. The number of para-hydroxylation sites is 2. The number of nitrogens with zero attached hydrogens (tertiary/aromatic N) is 5. The highest BCUT2D eigenvalue weighted by Gasteiger charge is 2.53. The summed E-state index contributed by atoms with van der Waals surface area (Å²) in [6.45, 7) is 0. The average Bonchev–Trinajstić information content (AvgIpc) is 3.58. The van der Waals surface area contributed by atoms with E-state index in [1.807, 2.05) is 91.0 Å². The van der Waals surface area contributed by atoms with E-state index in [0.29, 0.717) is 17.5 Å². The molecular weight excluding hydrogens is 687 g/mol. The van der Waals surface area contributed by atoms with Crippen LogP contribution in [0.4, 0.5) is 0 Å². The molecule has 1 aliphatic heterocycles. The Morgan fingerprint density at radius 2 is 0.804 bits per heavy atom. The third-order valence-corrected chi connectivity index (χ3v) is 10.9. The second-order valence-corrected chi connectivity index (χ2v) is 14.0. The van der Waals surface area contributed by atoms with Gasteiger partial charge in [-0.2, -0.15) is 0 Å². The summed E-state index contributed by atoms with van der Waals surface area (Å²) in [4.78, 5) is 15.5. The van der Waals surface area contributed by atoms with Crippen LogP contribution in [0.25, 0.3) is 67.8 Å². The van der Waals surface area contributed by atoms with Crippen molar-refractivity contribution in [2.75, 3.05) is 0 Å². The normalized spacial score (nSPS) is 12.9. The summed E-state index contributed by atoms with van der Waals surface area (Å²) in [6.07, 6.45) is 0. The minimum absolute atomic E-state index is 0.601. The van der Waals surface area contributed by atoms with Crippen LogP contribution in [0, 0.1) is 0 Å². The van der Waals surface area contributed by atoms with Gasteiger partial charge in [-0.1, -0.05) is 164 Å². The molecule has 2 aliphatic rings. The molecule has 3 heterocycles. The molecule has 6 heteroatoms. The molecule has 0 amide bonds. The lowest BCUT2D eigenvalue weighted by molar-refractivity contribution is 0.436. The Bertz CT molecular complexity index is 2830. The van der Waals surface area contributed by atoms with Crippen LogP contribution >= 0.6 is 0 Å². The summed E-state index contributed by atoms with van der Waals surface area (Å²) in [5, 5.41) is 9.67. The molecule has 0 saturated carbocycles. The van der Waals surface area contributed by atoms with Crippen LogP contribution in [0.3, 0.4) is 0 Å². The Labute approximate surface area is 323 Å². The molecule has 0 saturated heterocycles. The fourth-order valence-electron chi connectivity index (χ4n) is 8.58. The van der Waals surface area contributed by atoms with Gasteiger partial charge in [0.25, 0.3) is 0 Å². The second kappa shape index (κ2) is 12.8. The smallest absolute Gasteiger partial charge is 0.164 e.